The molecule has 166 valence electrons. The maximum Gasteiger partial charge on any atom is 0.163 e. The number of nitrogens with one attached hydrogen (secondary N) is 2. The number of benzene rings is 1. The Hall–Kier alpha value is -2.29. The predicted molar refractivity (Wildman–Crippen MR) is 130 cm³/mol. The van der Waals surface area contributed by atoms with Gasteiger partial charge in [0.2, 0.25) is 0 Å². The van der Waals surface area contributed by atoms with E-state index >= 15 is 0 Å². The lowest BCUT2D eigenvalue weighted by Crippen LogP contribution is -2.36. The molecule has 7 nitrogen and oxygen atoms in total. The number of anilines is 3. The van der Waals surface area contributed by atoms with Crippen molar-refractivity contribution in [1.29, 1.82) is 0 Å². The Labute approximate surface area is 189 Å². The summed E-state index contributed by atoms with van der Waals surface area (Å²) in [6.45, 7) is 6.60. The zero-order chi connectivity index (χ0) is 22.0. The largest absolute Gasteiger partial charge is 0.367 e. The second-order valence-electron chi connectivity index (χ2n) is 8.79. The number of aromatic nitrogens is 3. The first-order valence-corrected chi connectivity index (χ1v) is 11.7. The van der Waals surface area contributed by atoms with Gasteiger partial charge in [-0.2, -0.15) is 9.61 Å². The number of rotatable bonds is 7. The molecule has 3 aromatic rings. The second kappa shape index (κ2) is 9.46. The van der Waals surface area contributed by atoms with Gasteiger partial charge in [-0.15, -0.1) is 0 Å². The summed E-state index contributed by atoms with van der Waals surface area (Å²) in [5, 5.41) is 11.9. The molecule has 0 amide bonds. The van der Waals surface area contributed by atoms with Crippen molar-refractivity contribution in [3.63, 3.8) is 0 Å². The quantitative estimate of drug-likeness (QED) is 0.519. The summed E-state index contributed by atoms with van der Waals surface area (Å²) in [5.74, 6) is 2.19. The van der Waals surface area contributed by atoms with E-state index in [1.54, 1.807) is 11.9 Å². The normalized spacial score (nSPS) is 15.8. The first-order chi connectivity index (χ1) is 14.9. The minimum atomic E-state index is 0.360. The molecule has 0 radical (unpaired) electrons. The number of hydrogen-bond donors (Lipinski definition) is 2. The van der Waals surface area contributed by atoms with Crippen molar-refractivity contribution in [2.75, 3.05) is 44.9 Å². The molecule has 1 aliphatic heterocycles. The topological polar surface area (TPSA) is 60.7 Å². The average molecular weight is 440 g/mol. The SMILES string of the molecule is CC(C)c1cnn2c(Nc3ccc(SN(C)C)cc3)cc(NC3CCN(C)CC3)nc12. The van der Waals surface area contributed by atoms with E-state index in [0.717, 1.165) is 54.5 Å². The molecule has 0 aliphatic carbocycles. The zero-order valence-electron chi connectivity index (χ0n) is 19.1. The number of nitrogens with zero attached hydrogens (tertiary/aromatic N) is 5. The van der Waals surface area contributed by atoms with Crippen LogP contribution < -0.4 is 10.6 Å². The molecular formula is C23H33N7S. The Kier molecular flexibility index (Phi) is 6.69. The number of hydrogen-bond acceptors (Lipinski definition) is 7. The van der Waals surface area contributed by atoms with Crippen LogP contribution in [0.3, 0.4) is 0 Å². The molecule has 1 fully saturated rings. The molecule has 2 aromatic heterocycles. The molecule has 4 rings (SSSR count). The van der Waals surface area contributed by atoms with Crippen LogP contribution in [-0.2, 0) is 0 Å². The van der Waals surface area contributed by atoms with Crippen molar-refractivity contribution in [2.45, 2.75) is 43.5 Å². The van der Waals surface area contributed by atoms with Crippen molar-refractivity contribution < 1.29 is 0 Å². The minimum Gasteiger partial charge on any atom is -0.367 e. The van der Waals surface area contributed by atoms with Crippen LogP contribution in [0.4, 0.5) is 17.3 Å². The first-order valence-electron chi connectivity index (χ1n) is 10.9. The van der Waals surface area contributed by atoms with Crippen LogP contribution in [0.5, 0.6) is 0 Å². The number of fused-ring (bicyclic) bond motifs is 1. The molecule has 1 aliphatic rings. The van der Waals surface area contributed by atoms with E-state index in [2.05, 4.69) is 76.2 Å². The Balaban J connectivity index is 1.63. The summed E-state index contributed by atoms with van der Waals surface area (Å²) < 4.78 is 4.00. The van der Waals surface area contributed by atoms with Gasteiger partial charge in [-0.05, 0) is 89.2 Å². The third-order valence-electron chi connectivity index (χ3n) is 5.61. The molecule has 0 unspecified atom stereocenters. The molecule has 2 N–H and O–H groups in total. The van der Waals surface area contributed by atoms with E-state index in [-0.39, 0.29) is 0 Å². The molecule has 0 saturated carbocycles. The summed E-state index contributed by atoms with van der Waals surface area (Å²) >= 11 is 1.71. The smallest absolute Gasteiger partial charge is 0.163 e. The van der Waals surface area contributed by atoms with Gasteiger partial charge >= 0.3 is 0 Å². The summed E-state index contributed by atoms with van der Waals surface area (Å²) in [4.78, 5) is 8.54. The fraction of sp³-hybridized carbons (Fsp3) is 0.478. The zero-order valence-corrected chi connectivity index (χ0v) is 19.9. The maximum atomic E-state index is 4.95. The van der Waals surface area contributed by atoms with Crippen molar-refractivity contribution in [3.05, 3.63) is 42.1 Å². The third-order valence-corrected chi connectivity index (χ3v) is 6.45. The minimum absolute atomic E-state index is 0.360. The molecule has 0 spiro atoms. The van der Waals surface area contributed by atoms with E-state index < -0.39 is 0 Å². The van der Waals surface area contributed by atoms with E-state index in [9.17, 15) is 0 Å². The van der Waals surface area contributed by atoms with E-state index in [0.29, 0.717) is 12.0 Å². The van der Waals surface area contributed by atoms with Crippen LogP contribution in [0, 0.1) is 0 Å². The Bertz CT molecular complexity index is 1000. The highest BCUT2D eigenvalue weighted by Gasteiger charge is 2.19. The lowest BCUT2D eigenvalue weighted by atomic mass is 10.1. The van der Waals surface area contributed by atoms with Crippen LogP contribution in [-0.4, -0.2) is 64.1 Å². The summed E-state index contributed by atoms with van der Waals surface area (Å²) in [6, 6.07) is 11.0. The third kappa shape index (κ3) is 5.31. The Morgan fingerprint density at radius 3 is 2.48 bits per heavy atom. The monoisotopic (exact) mass is 439 g/mol. The van der Waals surface area contributed by atoms with Crippen LogP contribution in [0.15, 0.2) is 41.4 Å². The molecule has 1 saturated heterocycles. The average Bonchev–Trinajstić information content (AvgIpc) is 3.15. The van der Waals surface area contributed by atoms with Crippen LogP contribution >= 0.6 is 11.9 Å². The molecule has 0 bridgehead atoms. The molecule has 1 aromatic carbocycles. The van der Waals surface area contributed by atoms with Gasteiger partial charge in [-0.1, -0.05) is 13.8 Å². The highest BCUT2D eigenvalue weighted by atomic mass is 32.2. The summed E-state index contributed by atoms with van der Waals surface area (Å²) in [5.41, 5.74) is 3.10. The van der Waals surface area contributed by atoms with Crippen molar-refractivity contribution in [1.82, 2.24) is 23.8 Å². The molecule has 8 heteroatoms. The lowest BCUT2D eigenvalue weighted by molar-refractivity contribution is 0.263. The van der Waals surface area contributed by atoms with Gasteiger partial charge < -0.3 is 15.5 Å². The molecular weight excluding hydrogens is 406 g/mol. The highest BCUT2D eigenvalue weighted by Crippen LogP contribution is 2.28. The van der Waals surface area contributed by atoms with E-state index in [1.165, 1.54) is 4.90 Å². The van der Waals surface area contributed by atoms with Gasteiger partial charge in [0.05, 0.1) is 6.20 Å². The van der Waals surface area contributed by atoms with Gasteiger partial charge in [-0.3, -0.25) is 4.31 Å². The standard InChI is InChI=1S/C23H33N7S/c1-16(2)20-15-24-30-22(26-17-6-8-19(9-7-17)31-28(3)4)14-21(27-23(20)30)25-18-10-12-29(5)13-11-18/h6-9,14-16,18,26H,10-13H2,1-5H3,(H,25,27). The molecule has 31 heavy (non-hydrogen) atoms. The Morgan fingerprint density at radius 1 is 1.13 bits per heavy atom. The maximum absolute atomic E-state index is 4.95. The second-order valence-corrected chi connectivity index (χ2v) is 10.2. The van der Waals surface area contributed by atoms with Gasteiger partial charge in [0.15, 0.2) is 5.65 Å². The predicted octanol–water partition coefficient (Wildman–Crippen LogP) is 4.67. The van der Waals surface area contributed by atoms with Crippen molar-refractivity contribution in [3.8, 4) is 0 Å². The van der Waals surface area contributed by atoms with Crippen LogP contribution in [0.2, 0.25) is 0 Å². The number of likely N-dealkylation sites (tertiary alicyclic amines) is 1. The van der Waals surface area contributed by atoms with E-state index in [4.69, 9.17) is 4.98 Å². The van der Waals surface area contributed by atoms with Crippen molar-refractivity contribution in [2.24, 2.45) is 0 Å². The van der Waals surface area contributed by atoms with Gasteiger partial charge in [0, 0.05) is 28.3 Å². The Morgan fingerprint density at radius 2 is 1.84 bits per heavy atom. The first kappa shape index (κ1) is 21.9. The van der Waals surface area contributed by atoms with E-state index in [1.807, 2.05) is 24.8 Å². The molecule has 3 heterocycles. The molecule has 0 atom stereocenters. The van der Waals surface area contributed by atoms with Crippen molar-refractivity contribution >= 4 is 34.9 Å². The van der Waals surface area contributed by atoms with Crippen LogP contribution in [0.1, 0.15) is 38.2 Å². The number of piperidine rings is 1. The van der Waals surface area contributed by atoms with Gasteiger partial charge in [0.25, 0.3) is 0 Å². The van der Waals surface area contributed by atoms with Gasteiger partial charge in [-0.25, -0.2) is 4.98 Å². The summed E-state index contributed by atoms with van der Waals surface area (Å²) in [7, 11) is 6.28. The summed E-state index contributed by atoms with van der Waals surface area (Å²) in [6.07, 6.45) is 4.20. The fourth-order valence-electron chi connectivity index (χ4n) is 3.87. The van der Waals surface area contributed by atoms with Gasteiger partial charge in [0.1, 0.15) is 11.6 Å². The highest BCUT2D eigenvalue weighted by molar-refractivity contribution is 7.97. The lowest BCUT2D eigenvalue weighted by Gasteiger charge is -2.30. The fourth-order valence-corrected chi connectivity index (χ4v) is 4.55. The van der Waals surface area contributed by atoms with Crippen LogP contribution in [0.25, 0.3) is 5.65 Å².